The van der Waals surface area contributed by atoms with E-state index in [1.165, 1.54) is 27.3 Å². The molecule has 1 aromatic carbocycles. The summed E-state index contributed by atoms with van der Waals surface area (Å²) < 4.78 is 14.7. The molecule has 0 saturated carbocycles. The Hall–Kier alpha value is -5.49. The van der Waals surface area contributed by atoms with E-state index in [1.54, 1.807) is 30.2 Å². The van der Waals surface area contributed by atoms with E-state index >= 15 is 0 Å². The van der Waals surface area contributed by atoms with Crippen LogP contribution in [0, 0.1) is 11.3 Å². The van der Waals surface area contributed by atoms with Gasteiger partial charge in [0, 0.05) is 93.0 Å². The number of hydrogen-bond donors (Lipinski definition) is 2. The molecule has 3 aliphatic rings. The number of aryl methyl sites for hydroxylation is 1. The van der Waals surface area contributed by atoms with Crippen LogP contribution in [0.2, 0.25) is 0 Å². The number of ether oxygens (including phenoxy) is 2. The molecule has 0 radical (unpaired) electrons. The normalized spacial score (nSPS) is 22.2. The van der Waals surface area contributed by atoms with Crippen molar-refractivity contribution in [2.75, 3.05) is 53.6 Å². The second-order valence-electron chi connectivity index (χ2n) is 19.4. The van der Waals surface area contributed by atoms with Gasteiger partial charge in [0.05, 0.1) is 41.4 Å². The molecule has 1 unspecified atom stereocenters. The lowest BCUT2D eigenvalue weighted by Gasteiger charge is -2.43. The molecule has 6 heterocycles. The summed E-state index contributed by atoms with van der Waals surface area (Å²) in [5, 5.41) is 8.16. The van der Waals surface area contributed by atoms with Crippen LogP contribution in [0.1, 0.15) is 83.7 Å². The first-order valence-corrected chi connectivity index (χ1v) is 24.3. The molecule has 360 valence electrons. The predicted octanol–water partition coefficient (Wildman–Crippen LogP) is 6.04. The lowest BCUT2D eigenvalue weighted by atomic mass is 9.84. The van der Waals surface area contributed by atoms with Gasteiger partial charge in [-0.25, -0.2) is 15.2 Å². The van der Waals surface area contributed by atoms with Gasteiger partial charge in [-0.1, -0.05) is 40.3 Å². The number of hydrazine groups is 1. The zero-order valence-electron chi connectivity index (χ0n) is 40.5. The standard InChI is InChI=1S/C50H67N9O7S/c1-11-42(61)56-21-22-58(32(5)26-56)48(64)55(9)44(31(3)4)46(62)53-38-24-41-52-39(27-67-41)34-16-17-40-36(23-34)37(45(57(40)12-2)35-15-13-19-51-43(35)33(6)65-10)25-49(7,8)29-66-30-50(28-60)18-14-20-59(54-50)47(38)63/h11,13,15-17,19,23,27-28,31-33,38,44,54H,1,12,14,18,20-22,24-26,29-30H2,2-10H3,(H,53,62)/t32-,33-,38-,44-,50?/m0/s1. The van der Waals surface area contributed by atoms with Crippen LogP contribution in [-0.4, -0.2) is 141 Å². The number of aldehydes is 1. The van der Waals surface area contributed by atoms with Crippen molar-refractivity contribution in [2.24, 2.45) is 11.3 Å². The number of nitrogens with zero attached hydrogens (tertiary/aromatic N) is 7. The van der Waals surface area contributed by atoms with Gasteiger partial charge in [-0.05, 0) is 87.3 Å². The molecule has 2 N–H and O–H groups in total. The molecule has 5 atom stereocenters. The van der Waals surface area contributed by atoms with Gasteiger partial charge in [-0.2, -0.15) is 0 Å². The van der Waals surface area contributed by atoms with E-state index in [4.69, 9.17) is 19.4 Å². The highest BCUT2D eigenvalue weighted by molar-refractivity contribution is 7.10. The van der Waals surface area contributed by atoms with Gasteiger partial charge in [0.2, 0.25) is 11.8 Å². The van der Waals surface area contributed by atoms with Crippen LogP contribution in [0.25, 0.3) is 33.4 Å². The molecule has 16 nitrogen and oxygen atoms in total. The third-order valence-corrected chi connectivity index (χ3v) is 14.4. The molecular formula is C50H67N9O7S. The number of nitrogens with one attached hydrogen (secondary N) is 2. The van der Waals surface area contributed by atoms with Crippen molar-refractivity contribution < 1.29 is 33.4 Å². The lowest BCUT2D eigenvalue weighted by molar-refractivity contribution is -0.147. The van der Waals surface area contributed by atoms with E-state index in [2.05, 4.69) is 66.9 Å². The maximum atomic E-state index is 14.8. The van der Waals surface area contributed by atoms with Crippen LogP contribution in [0.4, 0.5) is 4.79 Å². The van der Waals surface area contributed by atoms with Gasteiger partial charge in [0.15, 0.2) is 0 Å². The van der Waals surface area contributed by atoms with Crippen LogP contribution in [0.15, 0.2) is 54.6 Å². The number of rotatable bonds is 10. The van der Waals surface area contributed by atoms with Crippen molar-refractivity contribution in [3.05, 3.63) is 70.8 Å². The number of methoxy groups -OCH3 is 1. The van der Waals surface area contributed by atoms with Crippen LogP contribution >= 0.6 is 11.3 Å². The number of hydrogen-bond acceptors (Lipinski definition) is 11. The van der Waals surface area contributed by atoms with E-state index < -0.39 is 34.9 Å². The third kappa shape index (κ3) is 10.2. The van der Waals surface area contributed by atoms with Crippen molar-refractivity contribution in [1.29, 1.82) is 0 Å². The highest BCUT2D eigenvalue weighted by Crippen LogP contribution is 2.42. The molecule has 0 aliphatic carbocycles. The first kappa shape index (κ1) is 49.4. The third-order valence-electron chi connectivity index (χ3n) is 13.5. The molecule has 6 bridgehead atoms. The Morgan fingerprint density at radius 2 is 1.93 bits per heavy atom. The molecule has 4 aromatic rings. The Bertz CT molecular complexity index is 2500. The van der Waals surface area contributed by atoms with Crippen LogP contribution in [0.3, 0.4) is 0 Å². The Morgan fingerprint density at radius 3 is 2.61 bits per heavy atom. The van der Waals surface area contributed by atoms with Gasteiger partial charge < -0.3 is 38.9 Å². The molecule has 67 heavy (non-hydrogen) atoms. The highest BCUT2D eigenvalue weighted by atomic mass is 32.1. The molecule has 0 spiro atoms. The largest absolute Gasteiger partial charge is 0.378 e. The maximum Gasteiger partial charge on any atom is 0.320 e. The zero-order valence-corrected chi connectivity index (χ0v) is 41.3. The number of likely N-dealkylation sites (N-methyl/N-ethyl adjacent to an activating group) is 1. The predicted molar refractivity (Wildman–Crippen MR) is 259 cm³/mol. The molecule has 3 aromatic heterocycles. The summed E-state index contributed by atoms with van der Waals surface area (Å²) in [6.07, 6.45) is 5.33. The Balaban J connectivity index is 1.27. The molecule has 3 aliphatic heterocycles. The minimum Gasteiger partial charge on any atom is -0.378 e. The SMILES string of the molecule is C=CC(=O)N1CCN(C(=O)N(C)[C@H](C(=O)N[C@H]2Cc3nc(cs3)-c3ccc4c(c3)c(c(-c3cccnc3[C@H](C)OC)n4CC)CC(C)(C)COCC3(C=O)CCCN(N3)C2=O)C(C)C)[C@@H](C)C1. The molecule has 7 rings (SSSR count). The average Bonchev–Trinajstić information content (AvgIpc) is 3.91. The Kier molecular flexibility index (Phi) is 15.0. The average molecular weight is 938 g/mol. The molecule has 2 fully saturated rings. The smallest absolute Gasteiger partial charge is 0.320 e. The molecule has 2 saturated heterocycles. The topological polar surface area (TPSA) is 172 Å². The van der Waals surface area contributed by atoms with Crippen molar-refractivity contribution in [3.8, 4) is 22.5 Å². The first-order valence-electron chi connectivity index (χ1n) is 23.4. The summed E-state index contributed by atoms with van der Waals surface area (Å²) in [5.41, 5.74) is 8.40. The van der Waals surface area contributed by atoms with Gasteiger partial charge in [0.1, 0.15) is 23.9 Å². The number of amides is 5. The fraction of sp³-hybridized carbons (Fsp3) is 0.540. The second-order valence-corrected chi connectivity index (χ2v) is 20.4. The van der Waals surface area contributed by atoms with Crippen molar-refractivity contribution >= 4 is 52.3 Å². The van der Waals surface area contributed by atoms with Crippen LogP contribution < -0.4 is 10.7 Å². The molecule has 5 amide bonds. The molecular weight excluding hydrogens is 871 g/mol. The summed E-state index contributed by atoms with van der Waals surface area (Å²) in [6, 6.07) is 7.79. The zero-order chi connectivity index (χ0) is 48.4. The van der Waals surface area contributed by atoms with Gasteiger partial charge in [0.25, 0.3) is 5.91 Å². The second kappa shape index (κ2) is 20.4. The molecule has 17 heteroatoms. The number of carbonyl (C=O) groups is 5. The van der Waals surface area contributed by atoms with E-state index in [-0.39, 0.29) is 43.0 Å². The number of benzene rings is 1. The number of carbonyl (C=O) groups excluding carboxylic acids is 5. The van der Waals surface area contributed by atoms with E-state index in [0.717, 1.165) is 51.0 Å². The van der Waals surface area contributed by atoms with Crippen LogP contribution in [0.5, 0.6) is 0 Å². The summed E-state index contributed by atoms with van der Waals surface area (Å²) >= 11 is 1.41. The fourth-order valence-electron chi connectivity index (χ4n) is 9.99. The number of aromatic nitrogens is 3. The van der Waals surface area contributed by atoms with E-state index in [9.17, 15) is 24.0 Å². The monoisotopic (exact) mass is 937 g/mol. The van der Waals surface area contributed by atoms with Crippen molar-refractivity contribution in [3.63, 3.8) is 0 Å². The number of thiazole rings is 1. The number of fused-ring (bicyclic) bond motifs is 6. The minimum absolute atomic E-state index is 0.0270. The van der Waals surface area contributed by atoms with Gasteiger partial charge in [-0.3, -0.25) is 24.4 Å². The first-order chi connectivity index (χ1) is 31.9. The lowest BCUT2D eigenvalue weighted by Crippen LogP contribution is -2.67. The maximum absolute atomic E-state index is 14.8. The van der Waals surface area contributed by atoms with Crippen LogP contribution in [-0.2, 0) is 48.0 Å². The quantitative estimate of drug-likeness (QED) is 0.141. The van der Waals surface area contributed by atoms with Crippen molar-refractivity contribution in [1.82, 2.24) is 45.0 Å². The Morgan fingerprint density at radius 1 is 1.15 bits per heavy atom. The summed E-state index contributed by atoms with van der Waals surface area (Å²) in [5.74, 6) is -1.45. The minimum atomic E-state index is -1.19. The summed E-state index contributed by atoms with van der Waals surface area (Å²) in [6.45, 7) is 20.0. The Labute approximate surface area is 398 Å². The van der Waals surface area contributed by atoms with Crippen molar-refractivity contribution in [2.45, 2.75) is 110 Å². The highest BCUT2D eigenvalue weighted by Gasteiger charge is 2.42. The van der Waals surface area contributed by atoms with E-state index in [1.807, 2.05) is 39.1 Å². The summed E-state index contributed by atoms with van der Waals surface area (Å²) in [7, 11) is 3.29. The summed E-state index contributed by atoms with van der Waals surface area (Å²) in [4.78, 5) is 83.6. The number of pyridine rings is 1. The fourth-order valence-corrected chi connectivity index (χ4v) is 10.8. The van der Waals surface area contributed by atoms with Gasteiger partial charge in [-0.15, -0.1) is 11.3 Å². The number of urea groups is 1. The van der Waals surface area contributed by atoms with Gasteiger partial charge >= 0.3 is 6.03 Å². The number of piperazine rings is 1. The van der Waals surface area contributed by atoms with E-state index in [0.29, 0.717) is 63.6 Å².